The van der Waals surface area contributed by atoms with Gasteiger partial charge in [-0.3, -0.25) is 0 Å². The van der Waals surface area contributed by atoms with E-state index < -0.39 is 189 Å². The summed E-state index contributed by atoms with van der Waals surface area (Å²) in [6, 6.07) is 103. The molecule has 0 saturated carbocycles. The topological polar surface area (TPSA) is 16.3 Å². The zero-order valence-corrected chi connectivity index (χ0v) is 80.4. The van der Waals surface area contributed by atoms with Crippen LogP contribution < -0.4 is 26.2 Å². The van der Waals surface area contributed by atoms with Gasteiger partial charge >= 0.3 is 0 Å². The van der Waals surface area contributed by atoms with E-state index in [1.807, 2.05) is 168 Å². The molecule has 0 spiro atoms. The zero-order valence-electron chi connectivity index (χ0n) is 102. The molecule has 682 valence electrons. The Bertz CT molecular complexity index is 9390. The minimum atomic E-state index is -1.78. The van der Waals surface area contributed by atoms with Crippen molar-refractivity contribution in [3.8, 4) is 145 Å². The van der Waals surface area contributed by atoms with E-state index >= 15 is 0 Å². The number of fused-ring (bicyclic) bond motifs is 10. The summed E-state index contributed by atoms with van der Waals surface area (Å²) in [5, 5.41) is -1.51. The first kappa shape index (κ1) is 66.5. The molecular formula is C138H107BN4. The van der Waals surface area contributed by atoms with Crippen LogP contribution in [0.4, 0.5) is 34.1 Å². The third kappa shape index (κ3) is 15.7. The van der Waals surface area contributed by atoms with Crippen molar-refractivity contribution in [2.75, 3.05) is 9.80 Å². The monoisotopic (exact) mass is 1850 g/mol. The van der Waals surface area contributed by atoms with Gasteiger partial charge in [0.25, 0.3) is 6.71 Å². The van der Waals surface area contributed by atoms with Crippen LogP contribution in [0.15, 0.2) is 485 Å². The van der Waals surface area contributed by atoms with Gasteiger partial charge < -0.3 is 18.9 Å². The number of hydrogen-bond acceptors (Lipinski definition) is 2. The summed E-state index contributed by atoms with van der Waals surface area (Å²) in [7, 11) is 0. The van der Waals surface area contributed by atoms with E-state index in [1.165, 1.54) is 0 Å². The Morgan fingerprint density at radius 1 is 0.203 bits per heavy atom. The molecule has 0 saturated heterocycles. The Hall–Kier alpha value is -17.1. The van der Waals surface area contributed by atoms with E-state index in [0.29, 0.717) is 61.4 Å². The molecule has 21 aromatic carbocycles. The van der Waals surface area contributed by atoms with Gasteiger partial charge in [-0.15, -0.1) is 0 Å². The van der Waals surface area contributed by atoms with Gasteiger partial charge in [-0.25, -0.2) is 0 Å². The highest BCUT2D eigenvalue weighted by Gasteiger charge is 2.47. The highest BCUT2D eigenvalue weighted by atomic mass is 15.2. The lowest BCUT2D eigenvalue weighted by Gasteiger charge is -2.47. The number of hydrogen-bond donors (Lipinski definition) is 0. The molecule has 4 heterocycles. The van der Waals surface area contributed by atoms with Crippen molar-refractivity contribution in [3.05, 3.63) is 501 Å². The quantitative estimate of drug-likeness (QED) is 0.0897. The number of para-hydroxylation sites is 4. The first-order valence-corrected chi connectivity index (χ1v) is 48.5. The second kappa shape index (κ2) is 35.0. The number of nitrogens with zero attached hydrogens (tertiary/aromatic N) is 4. The molecule has 0 N–H and O–H groups in total. The fourth-order valence-electron chi connectivity index (χ4n) is 20.9. The van der Waals surface area contributed by atoms with E-state index in [9.17, 15) is 30.2 Å². The molecule has 0 unspecified atom stereocenters. The molecule has 0 atom stereocenters. The van der Waals surface area contributed by atoms with Gasteiger partial charge in [0.1, 0.15) is 0 Å². The molecule has 0 aliphatic carbocycles. The molecule has 2 aliphatic heterocycles. The summed E-state index contributed by atoms with van der Waals surface area (Å²) in [5.41, 5.74) is 16.2. The average Bonchev–Trinajstić information content (AvgIpc) is 1.66. The van der Waals surface area contributed by atoms with Gasteiger partial charge in [0.05, 0.1) is 63.6 Å². The maximum absolute atomic E-state index is 12.4. The van der Waals surface area contributed by atoms with E-state index in [1.54, 1.807) is 0 Å². The summed E-state index contributed by atoms with van der Waals surface area (Å²) >= 11 is 0. The highest BCUT2D eigenvalue weighted by molar-refractivity contribution is 7.00. The van der Waals surface area contributed by atoms with Crippen LogP contribution in [0.5, 0.6) is 0 Å². The van der Waals surface area contributed by atoms with Crippen molar-refractivity contribution in [2.45, 2.75) is 78.6 Å². The molecule has 5 heteroatoms. The normalized spacial score (nSPS) is 14.6. The molecule has 4 nitrogen and oxygen atoms in total. The zero-order chi connectivity index (χ0) is 116. The van der Waals surface area contributed by atoms with Crippen LogP contribution >= 0.6 is 0 Å². The Morgan fingerprint density at radius 3 is 0.657 bits per heavy atom. The fraction of sp³-hybridized carbons (Fsp3) is 0.0870. The van der Waals surface area contributed by atoms with Crippen LogP contribution in [0.3, 0.4) is 0 Å². The Labute approximate surface area is 870 Å². The van der Waals surface area contributed by atoms with Crippen LogP contribution in [0.25, 0.3) is 189 Å². The van der Waals surface area contributed by atoms with E-state index in [4.69, 9.17) is 0 Å². The maximum atomic E-state index is 12.4. The predicted octanol–water partition coefficient (Wildman–Crippen LogP) is 35.9. The van der Waals surface area contributed by atoms with Gasteiger partial charge in [0, 0.05) is 77.9 Å². The fourth-order valence-corrected chi connectivity index (χ4v) is 20.9. The van der Waals surface area contributed by atoms with Crippen molar-refractivity contribution in [1.82, 2.24) is 9.13 Å². The first-order valence-electron chi connectivity index (χ1n) is 59.5. The van der Waals surface area contributed by atoms with Crippen LogP contribution in [-0.4, -0.2) is 15.8 Å². The van der Waals surface area contributed by atoms with Crippen LogP contribution in [0.1, 0.15) is 109 Å². The lowest BCUT2D eigenvalue weighted by atomic mass is 9.33. The molecule has 2 aliphatic rings. The first-order chi connectivity index (χ1) is 79.0. The molecular weight excluding hydrogens is 1720 g/mol. The molecule has 143 heavy (non-hydrogen) atoms. The van der Waals surface area contributed by atoms with E-state index in [0.717, 1.165) is 109 Å². The third-order valence-electron chi connectivity index (χ3n) is 28.2. The standard InChI is InChI=1S/C138H107BN4/c1-136(2,3)110-82-119(106-58-34-54-102(78-106)98-50-30-46-94(74-98)90-38-14-10-15-39-90)134(120(83-110)107-59-35-55-103(79-107)99-51-31-47-95(75-99)91-40-16-11-17-41-91)142-129-88-113(140-125-66-26-22-62-115(125)116-63-23-27-67-126(116)140)70-72-123(129)139-124-73-71-114(141-127-68-28-24-64-117(127)118-65-25-29-69-128(118)141)89-130(124)143(132-87-112(138(7,8)9)86-131(142)133(132)139)135-121(108-60-36-56-104(80-108)100-52-32-48-96(76-100)92-42-18-12-19-43-92)84-111(137(4,5)6)85-122(135)109-61-37-57-105(81-109)101-53-33-49-97(77-101)93-44-20-13-21-45-93/h10-89H,1-9H3/i22D,23D,24D,25D,26D,27D,28D,29D,62D,63D,64D,65D,66D,67D,68D,69D,70D,71D,72D,73D,88D,89D. The lowest BCUT2D eigenvalue weighted by Crippen LogP contribution is -2.61. The second-order valence-corrected chi connectivity index (χ2v) is 40.3. The Kier molecular flexibility index (Phi) is 16.3. The van der Waals surface area contributed by atoms with Gasteiger partial charge in [-0.1, -0.05) is 414 Å². The molecule has 0 bridgehead atoms. The molecule has 2 aromatic heterocycles. The Morgan fingerprint density at radius 2 is 0.413 bits per heavy atom. The highest BCUT2D eigenvalue weighted by Crippen LogP contribution is 2.57. The number of aromatic nitrogens is 2. The van der Waals surface area contributed by atoms with Crippen molar-refractivity contribution in [2.24, 2.45) is 0 Å². The third-order valence-corrected chi connectivity index (χ3v) is 28.2. The summed E-state index contributed by atoms with van der Waals surface area (Å²) in [6.07, 6.45) is 0. The molecule has 0 radical (unpaired) electrons. The smallest absolute Gasteiger partial charge is 0.252 e. The lowest BCUT2D eigenvalue weighted by molar-refractivity contribution is 0.590. The van der Waals surface area contributed by atoms with E-state index in [-0.39, 0.29) is 60.7 Å². The largest absolute Gasteiger partial charge is 0.310 e. The maximum Gasteiger partial charge on any atom is 0.252 e. The van der Waals surface area contributed by atoms with Crippen molar-refractivity contribution in [1.29, 1.82) is 0 Å². The van der Waals surface area contributed by atoms with Gasteiger partial charge in [-0.2, -0.15) is 0 Å². The van der Waals surface area contributed by atoms with Gasteiger partial charge in [0.15, 0.2) is 0 Å². The van der Waals surface area contributed by atoms with Crippen LogP contribution in [0.2, 0.25) is 0 Å². The Balaban J connectivity index is 0.912. The van der Waals surface area contributed by atoms with Gasteiger partial charge in [-0.05, 0) is 294 Å². The second-order valence-electron chi connectivity index (χ2n) is 40.3. The minimum absolute atomic E-state index is 0.203. The van der Waals surface area contributed by atoms with E-state index in [2.05, 4.69) is 256 Å². The van der Waals surface area contributed by atoms with Gasteiger partial charge in [0.2, 0.25) is 0 Å². The number of rotatable bonds is 16. The van der Waals surface area contributed by atoms with Crippen molar-refractivity contribution >= 4 is 101 Å². The SMILES string of the molecule is [2H]c1c([2H])c(-n2c3c([2H])c([2H])c([2H])c([2H])c3c3c([2H])c([2H])c([2H])c([2H])c32)c([2H])c2c1B1c3c(cc(C(C)(C)C)cc3N(c3c(-c4cccc(-c5cccc(-c6ccccc6)c5)c4)cc(C(C)(C)C)cc3-c3cccc(-c4cccc(-c5ccccc5)c4)c3)c3c([2H])c(-n4c5c([2H])c([2H])c([2H])c([2H])c5c5c([2H])c([2H])c([2H])c([2H])c54)c([2H])c([2H])c31)N2c1c(-c2cccc(-c3cccc(-c4ccccc4)c3)c2)cc(C(C)(C)C)cc1-c1cccc(-c2cccc(-c3ccccc3)c2)c1. The molecule has 25 rings (SSSR count). The minimum Gasteiger partial charge on any atom is -0.310 e. The van der Waals surface area contributed by atoms with Crippen LogP contribution in [0, 0.1) is 0 Å². The van der Waals surface area contributed by atoms with Crippen molar-refractivity contribution < 1.29 is 30.2 Å². The number of anilines is 6. The molecule has 0 fully saturated rings. The van der Waals surface area contributed by atoms with Crippen molar-refractivity contribution in [3.63, 3.8) is 0 Å². The molecule has 0 amide bonds. The summed E-state index contributed by atoms with van der Waals surface area (Å²) in [6.45, 7) is 17.2. The number of benzene rings is 21. The molecule has 23 aromatic rings. The summed E-state index contributed by atoms with van der Waals surface area (Å²) in [5.74, 6) is 0. The predicted molar refractivity (Wildman–Crippen MR) is 610 cm³/mol. The van der Waals surface area contributed by atoms with Crippen LogP contribution in [-0.2, 0) is 16.2 Å². The average molecular weight is 1850 g/mol. The summed E-state index contributed by atoms with van der Waals surface area (Å²) in [4.78, 5) is 3.91. The summed E-state index contributed by atoms with van der Waals surface area (Å²) < 4.78 is 232.